The molecule has 0 spiro atoms. The molecule has 140 valence electrons. The zero-order valence-electron chi connectivity index (χ0n) is 15.1. The number of Topliss-reactive ketones (excluding diaryl/α,β-unsaturated/α-hetero) is 1. The highest BCUT2D eigenvalue weighted by Gasteiger charge is 2.21. The van der Waals surface area contributed by atoms with E-state index in [0.717, 1.165) is 10.9 Å². The number of fused-ring (bicyclic) bond motifs is 1. The number of aromatic amines is 1. The first-order valence-corrected chi connectivity index (χ1v) is 9.31. The van der Waals surface area contributed by atoms with Gasteiger partial charge in [0.25, 0.3) is 0 Å². The standard InChI is InChI=1S/C21H20Cl2N2O2/c1-12(2)21(26)15(20(24)19-16(22)4-3-5-17(19)23)11-27-14-6-7-18-13(10-14)8-9-25-18/h3-10,12,25H,11,24H2,1-2H3/b20-15-. The third-order valence-corrected chi connectivity index (χ3v) is 4.92. The van der Waals surface area contributed by atoms with E-state index in [1.807, 2.05) is 44.3 Å². The first-order chi connectivity index (χ1) is 12.9. The molecule has 3 N–H and O–H groups in total. The van der Waals surface area contributed by atoms with Crippen molar-refractivity contribution in [1.82, 2.24) is 4.98 Å². The third-order valence-electron chi connectivity index (χ3n) is 4.29. The summed E-state index contributed by atoms with van der Waals surface area (Å²) in [7, 11) is 0. The molecule has 0 fully saturated rings. The van der Waals surface area contributed by atoms with E-state index in [0.29, 0.717) is 26.9 Å². The second kappa shape index (κ2) is 8.07. The smallest absolute Gasteiger partial charge is 0.166 e. The monoisotopic (exact) mass is 402 g/mol. The van der Waals surface area contributed by atoms with Gasteiger partial charge in [-0.15, -0.1) is 0 Å². The molecule has 4 nitrogen and oxygen atoms in total. The van der Waals surface area contributed by atoms with Crippen LogP contribution in [0.5, 0.6) is 5.75 Å². The van der Waals surface area contributed by atoms with Crippen molar-refractivity contribution >= 4 is 45.6 Å². The lowest BCUT2D eigenvalue weighted by molar-refractivity contribution is -0.118. The summed E-state index contributed by atoms with van der Waals surface area (Å²) in [6.45, 7) is 3.66. The van der Waals surface area contributed by atoms with Crippen molar-refractivity contribution in [2.75, 3.05) is 6.61 Å². The van der Waals surface area contributed by atoms with Crippen molar-refractivity contribution in [1.29, 1.82) is 0 Å². The number of ketones is 1. The summed E-state index contributed by atoms with van der Waals surface area (Å²) in [6.07, 6.45) is 1.86. The predicted molar refractivity (Wildman–Crippen MR) is 111 cm³/mol. The SMILES string of the molecule is CC(C)C(=O)/C(COc1ccc2[nH]ccc2c1)=C(\N)c1c(Cl)cccc1Cl. The van der Waals surface area contributed by atoms with Crippen LogP contribution in [-0.4, -0.2) is 17.4 Å². The normalized spacial score (nSPS) is 12.3. The Balaban J connectivity index is 1.97. The number of hydrogen-bond donors (Lipinski definition) is 2. The van der Waals surface area contributed by atoms with Crippen LogP contribution in [0.4, 0.5) is 0 Å². The second-order valence-corrected chi connectivity index (χ2v) is 7.34. The van der Waals surface area contributed by atoms with Gasteiger partial charge in [0.2, 0.25) is 0 Å². The Bertz CT molecular complexity index is 1000. The summed E-state index contributed by atoms with van der Waals surface area (Å²) in [5, 5.41) is 1.81. The second-order valence-electron chi connectivity index (χ2n) is 6.52. The zero-order valence-corrected chi connectivity index (χ0v) is 16.6. The number of H-pyrrole nitrogens is 1. The van der Waals surface area contributed by atoms with Crippen LogP contribution in [0.2, 0.25) is 10.0 Å². The molecule has 0 saturated heterocycles. The van der Waals surface area contributed by atoms with Gasteiger partial charge in [-0.05, 0) is 36.4 Å². The highest BCUT2D eigenvalue weighted by atomic mass is 35.5. The van der Waals surface area contributed by atoms with Gasteiger partial charge in [0.05, 0.1) is 21.3 Å². The molecule has 1 heterocycles. The van der Waals surface area contributed by atoms with Crippen LogP contribution in [-0.2, 0) is 4.79 Å². The van der Waals surface area contributed by atoms with Gasteiger partial charge in [-0.25, -0.2) is 0 Å². The van der Waals surface area contributed by atoms with Crippen LogP contribution in [0.1, 0.15) is 19.4 Å². The van der Waals surface area contributed by atoms with Crippen LogP contribution >= 0.6 is 23.2 Å². The van der Waals surface area contributed by atoms with Crippen molar-refractivity contribution in [3.63, 3.8) is 0 Å². The maximum atomic E-state index is 12.8. The highest BCUT2D eigenvalue weighted by molar-refractivity contribution is 6.37. The number of nitrogens with two attached hydrogens (primary N) is 1. The van der Waals surface area contributed by atoms with E-state index >= 15 is 0 Å². The van der Waals surface area contributed by atoms with Gasteiger partial charge in [0, 0.05) is 28.6 Å². The Morgan fingerprint density at radius 1 is 1.15 bits per heavy atom. The van der Waals surface area contributed by atoms with Crippen molar-refractivity contribution < 1.29 is 9.53 Å². The summed E-state index contributed by atoms with van der Waals surface area (Å²) in [4.78, 5) is 15.9. The number of ether oxygens (including phenoxy) is 1. The molecule has 27 heavy (non-hydrogen) atoms. The van der Waals surface area contributed by atoms with E-state index in [1.165, 1.54) is 0 Å². The fourth-order valence-electron chi connectivity index (χ4n) is 2.81. The zero-order chi connectivity index (χ0) is 19.6. The number of rotatable bonds is 6. The fraction of sp³-hybridized carbons (Fsp3) is 0.190. The Kier molecular flexibility index (Phi) is 5.78. The molecule has 1 aromatic heterocycles. The van der Waals surface area contributed by atoms with Crippen LogP contribution in [0.25, 0.3) is 16.6 Å². The summed E-state index contributed by atoms with van der Waals surface area (Å²) in [6, 6.07) is 12.7. The molecule has 0 aliphatic heterocycles. The van der Waals surface area contributed by atoms with Gasteiger partial charge in [0.1, 0.15) is 12.4 Å². The lowest BCUT2D eigenvalue weighted by atomic mass is 9.97. The minimum absolute atomic E-state index is 0.0281. The van der Waals surface area contributed by atoms with Gasteiger partial charge in [-0.1, -0.05) is 43.1 Å². The Labute approximate surface area is 167 Å². The number of aromatic nitrogens is 1. The molecule has 0 saturated carbocycles. The Hall–Kier alpha value is -2.43. The largest absolute Gasteiger partial charge is 0.489 e. The van der Waals surface area contributed by atoms with Gasteiger partial charge < -0.3 is 15.5 Å². The third kappa shape index (κ3) is 4.12. The van der Waals surface area contributed by atoms with Gasteiger partial charge >= 0.3 is 0 Å². The topological polar surface area (TPSA) is 68.1 Å². The molecule has 0 bridgehead atoms. The molecule has 6 heteroatoms. The molecule has 0 atom stereocenters. The average Bonchev–Trinajstić information content (AvgIpc) is 3.09. The van der Waals surface area contributed by atoms with E-state index in [2.05, 4.69) is 4.98 Å². The quantitative estimate of drug-likeness (QED) is 0.538. The highest BCUT2D eigenvalue weighted by Crippen LogP contribution is 2.31. The molecule has 0 radical (unpaired) electrons. The predicted octanol–water partition coefficient (Wildman–Crippen LogP) is 5.45. The van der Waals surface area contributed by atoms with E-state index < -0.39 is 0 Å². The molecule has 0 aliphatic rings. The van der Waals surface area contributed by atoms with Gasteiger partial charge in [0.15, 0.2) is 5.78 Å². The summed E-state index contributed by atoms with van der Waals surface area (Å²) in [5.41, 5.74) is 8.39. The first-order valence-electron chi connectivity index (χ1n) is 8.55. The van der Waals surface area contributed by atoms with Crippen LogP contribution in [0, 0.1) is 5.92 Å². The number of carbonyl (C=O) groups is 1. The maximum absolute atomic E-state index is 12.8. The number of halogens is 2. The maximum Gasteiger partial charge on any atom is 0.166 e. The Morgan fingerprint density at radius 2 is 1.85 bits per heavy atom. The molecule has 0 aliphatic carbocycles. The van der Waals surface area contributed by atoms with E-state index in [9.17, 15) is 4.79 Å². The van der Waals surface area contributed by atoms with Crippen LogP contribution < -0.4 is 10.5 Å². The fourth-order valence-corrected chi connectivity index (χ4v) is 3.41. The molecule has 2 aromatic carbocycles. The number of carbonyl (C=O) groups excluding carboxylic acids is 1. The summed E-state index contributed by atoms with van der Waals surface area (Å²) >= 11 is 12.5. The molecule has 0 unspecified atom stereocenters. The number of nitrogens with one attached hydrogen (secondary N) is 1. The number of benzene rings is 2. The lowest BCUT2D eigenvalue weighted by Crippen LogP contribution is -2.21. The molecular formula is C21H20Cl2N2O2. The molecule has 0 amide bonds. The van der Waals surface area contributed by atoms with E-state index in [4.69, 9.17) is 33.7 Å². The minimum Gasteiger partial charge on any atom is -0.489 e. The van der Waals surface area contributed by atoms with Crippen molar-refractivity contribution in [3.05, 3.63) is 69.8 Å². The van der Waals surface area contributed by atoms with Gasteiger partial charge in [-0.2, -0.15) is 0 Å². The van der Waals surface area contributed by atoms with Gasteiger partial charge in [-0.3, -0.25) is 4.79 Å². The van der Waals surface area contributed by atoms with E-state index in [1.54, 1.807) is 18.2 Å². The number of hydrogen-bond acceptors (Lipinski definition) is 3. The molecule has 3 aromatic rings. The van der Waals surface area contributed by atoms with Crippen LogP contribution in [0.15, 0.2) is 54.2 Å². The molecule has 3 rings (SSSR count). The molecular weight excluding hydrogens is 383 g/mol. The summed E-state index contributed by atoms with van der Waals surface area (Å²) in [5.74, 6) is 0.302. The Morgan fingerprint density at radius 3 is 2.52 bits per heavy atom. The van der Waals surface area contributed by atoms with Crippen molar-refractivity contribution in [2.24, 2.45) is 11.7 Å². The first kappa shape index (κ1) is 19.3. The summed E-state index contributed by atoms with van der Waals surface area (Å²) < 4.78 is 5.88. The average molecular weight is 403 g/mol. The van der Waals surface area contributed by atoms with E-state index in [-0.39, 0.29) is 24.0 Å². The minimum atomic E-state index is -0.240. The van der Waals surface area contributed by atoms with Crippen molar-refractivity contribution in [2.45, 2.75) is 13.8 Å². The van der Waals surface area contributed by atoms with Crippen molar-refractivity contribution in [3.8, 4) is 5.75 Å². The van der Waals surface area contributed by atoms with Crippen LogP contribution in [0.3, 0.4) is 0 Å². The lowest BCUT2D eigenvalue weighted by Gasteiger charge is -2.16.